The van der Waals surface area contributed by atoms with Crippen molar-refractivity contribution in [3.8, 4) is 0 Å². The molecule has 0 aliphatic carbocycles. The van der Waals surface area contributed by atoms with Crippen molar-refractivity contribution in [2.75, 3.05) is 15.4 Å². The molecule has 2 aromatic rings. The molecule has 3 rings (SSSR count). The van der Waals surface area contributed by atoms with E-state index >= 15 is 0 Å². The number of amides is 2. The summed E-state index contributed by atoms with van der Waals surface area (Å²) in [6.07, 6.45) is 0. The van der Waals surface area contributed by atoms with E-state index in [-0.39, 0.29) is 22.9 Å². The first-order valence-electron chi connectivity index (χ1n) is 9.10. The summed E-state index contributed by atoms with van der Waals surface area (Å²) >= 11 is 0. The highest BCUT2D eigenvalue weighted by atomic mass is 32.2. The van der Waals surface area contributed by atoms with Crippen LogP contribution in [0.15, 0.2) is 48.5 Å². The summed E-state index contributed by atoms with van der Waals surface area (Å²) in [5.41, 5.74) is 1.28. The molecule has 0 spiro atoms. The maximum atomic E-state index is 12.6. The molecule has 7 heteroatoms. The van der Waals surface area contributed by atoms with Crippen molar-refractivity contribution in [2.24, 2.45) is 5.41 Å². The summed E-state index contributed by atoms with van der Waals surface area (Å²) in [4.78, 5) is 25.2. The average Bonchev–Trinajstić information content (AvgIpc) is 2.78. The van der Waals surface area contributed by atoms with Gasteiger partial charge in [-0.25, -0.2) is 12.7 Å². The van der Waals surface area contributed by atoms with Crippen LogP contribution in [0, 0.1) is 5.41 Å². The highest BCUT2D eigenvalue weighted by Crippen LogP contribution is 2.36. The number of rotatable bonds is 4. The zero-order valence-electron chi connectivity index (χ0n) is 16.4. The third-order valence-electron chi connectivity index (χ3n) is 4.76. The molecule has 148 valence electrons. The van der Waals surface area contributed by atoms with Gasteiger partial charge in [-0.2, -0.15) is 0 Å². The van der Waals surface area contributed by atoms with Crippen molar-refractivity contribution < 1.29 is 18.0 Å². The van der Waals surface area contributed by atoms with Gasteiger partial charge in [0.1, 0.15) is 0 Å². The Balaban J connectivity index is 1.85. The van der Waals surface area contributed by atoms with Gasteiger partial charge < -0.3 is 5.32 Å². The van der Waals surface area contributed by atoms with Crippen LogP contribution in [-0.4, -0.2) is 26.0 Å². The van der Waals surface area contributed by atoms with Gasteiger partial charge in [-0.1, -0.05) is 32.0 Å². The van der Waals surface area contributed by atoms with E-state index in [1.54, 1.807) is 26.0 Å². The fourth-order valence-corrected chi connectivity index (χ4v) is 5.29. The number of carbonyl (C=O) groups is 2. The lowest BCUT2D eigenvalue weighted by Gasteiger charge is -2.18. The Hall–Kier alpha value is -2.67. The largest absolute Gasteiger partial charge is 0.322 e. The Bertz CT molecular complexity index is 1020. The molecule has 1 aliphatic rings. The number of sulfonamides is 1. The second kappa shape index (κ2) is 7.05. The lowest BCUT2D eigenvalue weighted by atomic mass is 9.95. The molecule has 6 nitrogen and oxygen atoms in total. The molecule has 28 heavy (non-hydrogen) atoms. The third kappa shape index (κ3) is 3.80. The van der Waals surface area contributed by atoms with Crippen LogP contribution in [0.25, 0.3) is 0 Å². The Morgan fingerprint density at radius 2 is 1.75 bits per heavy atom. The van der Waals surface area contributed by atoms with E-state index in [1.807, 2.05) is 24.3 Å². The Labute approximate surface area is 165 Å². The van der Waals surface area contributed by atoms with E-state index in [9.17, 15) is 18.0 Å². The van der Waals surface area contributed by atoms with Gasteiger partial charge in [0.2, 0.25) is 15.9 Å². The van der Waals surface area contributed by atoms with Gasteiger partial charge in [-0.3, -0.25) is 9.59 Å². The monoisotopic (exact) mass is 400 g/mol. The first-order chi connectivity index (χ1) is 13.0. The molecule has 0 saturated carbocycles. The standard InChI is InChI=1S/C21H24N2O4S/c1-14(2)15-8-10-17(11-9-15)22-19(24)16-6-5-7-18(12-16)23-20(25)21(3,4)13-28(23,26)27/h5-12,14H,13H2,1-4H3,(H,22,24). The third-order valence-corrected chi connectivity index (χ3v) is 6.78. The Morgan fingerprint density at radius 1 is 1.11 bits per heavy atom. The smallest absolute Gasteiger partial charge is 0.255 e. The van der Waals surface area contributed by atoms with E-state index in [1.165, 1.54) is 17.7 Å². The summed E-state index contributed by atoms with van der Waals surface area (Å²) in [6, 6.07) is 13.7. The van der Waals surface area contributed by atoms with Gasteiger partial charge in [-0.05, 0) is 55.7 Å². The van der Waals surface area contributed by atoms with Crippen molar-refractivity contribution in [1.29, 1.82) is 0 Å². The number of benzene rings is 2. The van der Waals surface area contributed by atoms with Gasteiger partial charge >= 0.3 is 0 Å². The van der Waals surface area contributed by atoms with Crippen LogP contribution in [0.3, 0.4) is 0 Å². The molecular weight excluding hydrogens is 376 g/mol. The highest BCUT2D eigenvalue weighted by Gasteiger charge is 2.49. The van der Waals surface area contributed by atoms with Crippen molar-refractivity contribution in [3.63, 3.8) is 0 Å². The van der Waals surface area contributed by atoms with Crippen molar-refractivity contribution in [1.82, 2.24) is 0 Å². The number of hydrogen-bond acceptors (Lipinski definition) is 4. The molecule has 0 aromatic heterocycles. The Morgan fingerprint density at radius 3 is 2.29 bits per heavy atom. The van der Waals surface area contributed by atoms with Crippen LogP contribution in [0.1, 0.15) is 49.5 Å². The van der Waals surface area contributed by atoms with E-state index in [0.29, 0.717) is 11.6 Å². The minimum Gasteiger partial charge on any atom is -0.322 e. The van der Waals surface area contributed by atoms with Gasteiger partial charge in [-0.15, -0.1) is 0 Å². The summed E-state index contributed by atoms with van der Waals surface area (Å²) in [7, 11) is -3.76. The first kappa shape index (κ1) is 20.1. The lowest BCUT2D eigenvalue weighted by molar-refractivity contribution is -0.123. The normalized spacial score (nSPS) is 17.8. The van der Waals surface area contributed by atoms with Gasteiger partial charge in [0, 0.05) is 11.3 Å². The molecular formula is C21H24N2O4S. The van der Waals surface area contributed by atoms with Crippen molar-refractivity contribution >= 4 is 33.2 Å². The number of nitrogens with one attached hydrogen (secondary N) is 1. The van der Waals surface area contributed by atoms with Crippen molar-refractivity contribution in [2.45, 2.75) is 33.6 Å². The fourth-order valence-electron chi connectivity index (χ4n) is 3.19. The van der Waals surface area contributed by atoms with Crippen LogP contribution in [0.5, 0.6) is 0 Å². The number of carbonyl (C=O) groups excluding carboxylic acids is 2. The number of anilines is 2. The van der Waals surface area contributed by atoms with Gasteiger partial charge in [0.05, 0.1) is 16.9 Å². The molecule has 2 amide bonds. The fraction of sp³-hybridized carbons (Fsp3) is 0.333. The zero-order chi connectivity index (χ0) is 20.7. The SMILES string of the molecule is CC(C)c1ccc(NC(=O)c2cccc(N3C(=O)C(C)(C)CS3(=O)=O)c2)cc1. The first-order valence-corrected chi connectivity index (χ1v) is 10.7. The summed E-state index contributed by atoms with van der Waals surface area (Å²) in [5, 5.41) is 2.80. The lowest BCUT2D eigenvalue weighted by Crippen LogP contribution is -2.33. The second-order valence-corrected chi connectivity index (χ2v) is 9.81. The molecule has 1 aliphatic heterocycles. The minimum absolute atomic E-state index is 0.179. The highest BCUT2D eigenvalue weighted by molar-refractivity contribution is 7.94. The van der Waals surface area contributed by atoms with Crippen LogP contribution in [0.4, 0.5) is 11.4 Å². The summed E-state index contributed by atoms with van der Waals surface area (Å²) in [6.45, 7) is 7.39. The second-order valence-electron chi connectivity index (χ2n) is 7.99. The van der Waals surface area contributed by atoms with Crippen LogP contribution in [0.2, 0.25) is 0 Å². The molecule has 0 radical (unpaired) electrons. The molecule has 0 unspecified atom stereocenters. The zero-order valence-corrected chi connectivity index (χ0v) is 17.2. The minimum atomic E-state index is -3.76. The van der Waals surface area contributed by atoms with E-state index in [2.05, 4.69) is 19.2 Å². The topological polar surface area (TPSA) is 83.6 Å². The average molecular weight is 401 g/mol. The quantitative estimate of drug-likeness (QED) is 0.847. The van der Waals surface area contributed by atoms with E-state index < -0.39 is 21.3 Å². The maximum Gasteiger partial charge on any atom is 0.255 e. The number of hydrogen-bond donors (Lipinski definition) is 1. The molecule has 0 bridgehead atoms. The summed E-state index contributed by atoms with van der Waals surface area (Å²) in [5.74, 6) is -0.723. The molecule has 1 saturated heterocycles. The summed E-state index contributed by atoms with van der Waals surface area (Å²) < 4.78 is 25.7. The predicted molar refractivity (Wildman–Crippen MR) is 110 cm³/mol. The van der Waals surface area contributed by atoms with Gasteiger partial charge in [0.25, 0.3) is 5.91 Å². The van der Waals surface area contributed by atoms with Crippen LogP contribution >= 0.6 is 0 Å². The maximum absolute atomic E-state index is 12.6. The molecule has 2 aromatic carbocycles. The molecule has 1 heterocycles. The van der Waals surface area contributed by atoms with Crippen LogP contribution < -0.4 is 9.62 Å². The van der Waals surface area contributed by atoms with E-state index in [0.717, 1.165) is 4.31 Å². The molecule has 1 N–H and O–H groups in total. The Kier molecular flexibility index (Phi) is 5.06. The predicted octanol–water partition coefficient (Wildman–Crippen LogP) is 3.76. The van der Waals surface area contributed by atoms with E-state index in [4.69, 9.17) is 0 Å². The molecule has 0 atom stereocenters. The van der Waals surface area contributed by atoms with Gasteiger partial charge in [0.15, 0.2) is 0 Å². The molecule has 1 fully saturated rings. The van der Waals surface area contributed by atoms with Crippen LogP contribution in [-0.2, 0) is 14.8 Å². The van der Waals surface area contributed by atoms with Crippen molar-refractivity contribution in [3.05, 3.63) is 59.7 Å². The number of nitrogens with zero attached hydrogens (tertiary/aromatic N) is 1.